The number of carbonyl (C=O) groups is 3. The summed E-state index contributed by atoms with van der Waals surface area (Å²) in [7, 11) is 0. The third kappa shape index (κ3) is 5.60. The van der Waals surface area contributed by atoms with Gasteiger partial charge in [-0.15, -0.1) is 0 Å². The first-order valence-corrected chi connectivity index (χ1v) is 10.6. The summed E-state index contributed by atoms with van der Waals surface area (Å²) in [6, 6.07) is 19.4. The summed E-state index contributed by atoms with van der Waals surface area (Å²) in [4.78, 5) is 49.6. The van der Waals surface area contributed by atoms with Crippen LogP contribution in [0, 0.1) is 0 Å². The van der Waals surface area contributed by atoms with Crippen molar-refractivity contribution in [1.29, 1.82) is 0 Å². The Balaban J connectivity index is 1.41. The van der Waals surface area contributed by atoms with Gasteiger partial charge < -0.3 is 15.1 Å². The van der Waals surface area contributed by atoms with E-state index in [4.69, 9.17) is 16.0 Å². The third-order valence-electron chi connectivity index (χ3n) is 4.80. The second-order valence-electron chi connectivity index (χ2n) is 7.18. The number of anilines is 2. The van der Waals surface area contributed by atoms with Crippen LogP contribution >= 0.6 is 11.6 Å². The fourth-order valence-corrected chi connectivity index (χ4v) is 3.22. The van der Waals surface area contributed by atoms with Crippen LogP contribution in [0.3, 0.4) is 0 Å². The molecule has 0 fully saturated rings. The van der Waals surface area contributed by atoms with Crippen molar-refractivity contribution in [2.24, 2.45) is 5.10 Å². The van der Waals surface area contributed by atoms with Crippen molar-refractivity contribution in [3.05, 3.63) is 105 Å². The lowest BCUT2D eigenvalue weighted by Gasteiger charge is -2.11. The van der Waals surface area contributed by atoms with E-state index in [1.807, 2.05) is 5.43 Å². The van der Waals surface area contributed by atoms with Gasteiger partial charge in [-0.05, 0) is 48.5 Å². The van der Waals surface area contributed by atoms with Gasteiger partial charge in [-0.3, -0.25) is 19.2 Å². The van der Waals surface area contributed by atoms with Crippen molar-refractivity contribution in [3.8, 4) is 0 Å². The van der Waals surface area contributed by atoms with Crippen molar-refractivity contribution >= 4 is 57.9 Å². The van der Waals surface area contributed by atoms with Crippen molar-refractivity contribution in [2.75, 3.05) is 10.6 Å². The SMILES string of the molecule is O=C(N/N=C\c1coc2ccccc2c1=O)C(=O)Nc1ccccc1C(=O)Nc1ccc(Cl)cc1. The summed E-state index contributed by atoms with van der Waals surface area (Å²) in [6.45, 7) is 0. The van der Waals surface area contributed by atoms with Crippen LogP contribution in [-0.4, -0.2) is 23.9 Å². The van der Waals surface area contributed by atoms with Crippen LogP contribution < -0.4 is 21.5 Å². The van der Waals surface area contributed by atoms with Crippen LogP contribution in [0.2, 0.25) is 5.02 Å². The molecular formula is C25H17ClN4O5. The number of benzene rings is 3. The minimum Gasteiger partial charge on any atom is -0.463 e. The van der Waals surface area contributed by atoms with Gasteiger partial charge in [0.1, 0.15) is 11.8 Å². The zero-order valence-corrected chi connectivity index (χ0v) is 18.7. The minimum absolute atomic E-state index is 0.0913. The molecule has 0 bridgehead atoms. The third-order valence-corrected chi connectivity index (χ3v) is 5.06. The van der Waals surface area contributed by atoms with E-state index in [9.17, 15) is 19.2 Å². The van der Waals surface area contributed by atoms with Crippen LogP contribution in [0.25, 0.3) is 11.0 Å². The number of hydrogen-bond donors (Lipinski definition) is 3. The summed E-state index contributed by atoms with van der Waals surface area (Å²) in [6.07, 6.45) is 2.28. The number of para-hydroxylation sites is 2. The molecule has 0 radical (unpaired) electrons. The number of fused-ring (bicyclic) bond motifs is 1. The molecule has 3 aromatic carbocycles. The topological polar surface area (TPSA) is 130 Å². The van der Waals surface area contributed by atoms with Crippen molar-refractivity contribution in [1.82, 2.24) is 5.43 Å². The Hall–Kier alpha value is -4.76. The molecule has 10 heteroatoms. The van der Waals surface area contributed by atoms with Gasteiger partial charge in [0.2, 0.25) is 5.43 Å². The molecule has 174 valence electrons. The van der Waals surface area contributed by atoms with E-state index < -0.39 is 17.7 Å². The van der Waals surface area contributed by atoms with E-state index in [-0.39, 0.29) is 22.2 Å². The van der Waals surface area contributed by atoms with E-state index in [1.54, 1.807) is 60.7 Å². The highest BCUT2D eigenvalue weighted by Crippen LogP contribution is 2.19. The second kappa shape index (κ2) is 10.4. The lowest BCUT2D eigenvalue weighted by Crippen LogP contribution is -2.33. The van der Waals surface area contributed by atoms with E-state index in [0.29, 0.717) is 21.7 Å². The highest BCUT2D eigenvalue weighted by Gasteiger charge is 2.18. The normalized spacial score (nSPS) is 10.8. The number of halogens is 1. The van der Waals surface area contributed by atoms with E-state index in [2.05, 4.69) is 15.7 Å². The summed E-state index contributed by atoms with van der Waals surface area (Å²) in [5.74, 6) is -2.65. The number of nitrogens with zero attached hydrogens (tertiary/aromatic N) is 1. The van der Waals surface area contributed by atoms with Gasteiger partial charge in [0.15, 0.2) is 0 Å². The predicted molar refractivity (Wildman–Crippen MR) is 133 cm³/mol. The molecule has 4 aromatic rings. The summed E-state index contributed by atoms with van der Waals surface area (Å²) < 4.78 is 5.36. The first-order chi connectivity index (χ1) is 16.9. The van der Waals surface area contributed by atoms with E-state index in [1.165, 1.54) is 18.4 Å². The Morgan fingerprint density at radius 1 is 0.857 bits per heavy atom. The van der Waals surface area contributed by atoms with Crippen LogP contribution in [0.5, 0.6) is 0 Å². The van der Waals surface area contributed by atoms with Gasteiger partial charge >= 0.3 is 11.8 Å². The number of hydrogen-bond acceptors (Lipinski definition) is 6. The fourth-order valence-electron chi connectivity index (χ4n) is 3.09. The number of hydrazone groups is 1. The molecule has 1 aromatic heterocycles. The number of nitrogens with one attached hydrogen (secondary N) is 3. The Morgan fingerprint density at radius 3 is 2.37 bits per heavy atom. The molecule has 0 spiro atoms. The van der Waals surface area contributed by atoms with Crippen molar-refractivity contribution < 1.29 is 18.8 Å². The average molecular weight is 489 g/mol. The molecular weight excluding hydrogens is 472 g/mol. The lowest BCUT2D eigenvalue weighted by atomic mass is 10.1. The highest BCUT2D eigenvalue weighted by molar-refractivity contribution is 6.40. The second-order valence-corrected chi connectivity index (χ2v) is 7.61. The molecule has 3 amide bonds. The number of rotatable bonds is 5. The zero-order valence-electron chi connectivity index (χ0n) is 17.9. The van der Waals surface area contributed by atoms with Crippen LogP contribution in [0.1, 0.15) is 15.9 Å². The maximum atomic E-state index is 12.7. The molecule has 0 saturated carbocycles. The summed E-state index contributed by atoms with van der Waals surface area (Å²) in [5, 5.41) is 9.60. The molecule has 1 heterocycles. The Bertz CT molecular complexity index is 1510. The minimum atomic E-state index is -1.10. The molecule has 0 unspecified atom stereocenters. The summed E-state index contributed by atoms with van der Waals surface area (Å²) in [5.41, 5.74) is 2.98. The number of carbonyl (C=O) groups excluding carboxylic acids is 3. The molecule has 9 nitrogen and oxygen atoms in total. The largest absolute Gasteiger partial charge is 0.463 e. The van der Waals surface area contributed by atoms with Gasteiger partial charge in [-0.2, -0.15) is 5.10 Å². The van der Waals surface area contributed by atoms with Gasteiger partial charge in [-0.25, -0.2) is 5.43 Å². The lowest BCUT2D eigenvalue weighted by molar-refractivity contribution is -0.136. The first kappa shape index (κ1) is 23.4. The summed E-state index contributed by atoms with van der Waals surface area (Å²) >= 11 is 5.85. The number of amides is 3. The molecule has 0 atom stereocenters. The molecule has 0 aliphatic rings. The highest BCUT2D eigenvalue weighted by atomic mass is 35.5. The maximum absolute atomic E-state index is 12.7. The van der Waals surface area contributed by atoms with Gasteiger partial charge in [0.05, 0.1) is 28.4 Å². The Morgan fingerprint density at radius 2 is 1.57 bits per heavy atom. The molecule has 3 N–H and O–H groups in total. The fraction of sp³-hybridized carbons (Fsp3) is 0. The zero-order chi connectivity index (χ0) is 24.8. The smallest absolute Gasteiger partial charge is 0.329 e. The molecule has 4 rings (SSSR count). The molecule has 0 saturated heterocycles. The van der Waals surface area contributed by atoms with Crippen LogP contribution in [-0.2, 0) is 9.59 Å². The van der Waals surface area contributed by atoms with Crippen molar-refractivity contribution in [3.63, 3.8) is 0 Å². The van der Waals surface area contributed by atoms with E-state index >= 15 is 0 Å². The van der Waals surface area contributed by atoms with Gasteiger partial charge in [0.25, 0.3) is 5.91 Å². The Kier molecular flexibility index (Phi) is 6.99. The molecule has 35 heavy (non-hydrogen) atoms. The molecule has 0 aliphatic heterocycles. The predicted octanol–water partition coefficient (Wildman–Crippen LogP) is 3.79. The quantitative estimate of drug-likeness (QED) is 0.223. The van der Waals surface area contributed by atoms with Crippen LogP contribution in [0.4, 0.5) is 11.4 Å². The van der Waals surface area contributed by atoms with Gasteiger partial charge in [-0.1, -0.05) is 35.9 Å². The maximum Gasteiger partial charge on any atom is 0.329 e. The average Bonchev–Trinajstić information content (AvgIpc) is 2.87. The first-order valence-electron chi connectivity index (χ1n) is 10.2. The molecule has 0 aliphatic carbocycles. The monoisotopic (exact) mass is 488 g/mol. The standard InChI is InChI=1S/C25H17ClN4O5/c26-16-9-11-17(12-10-16)28-23(32)18-5-1-3-7-20(18)29-24(33)25(34)30-27-13-15-14-35-21-8-4-2-6-19(21)22(15)31/h1-14H,(H,28,32)(H,29,33)(H,30,34)/b27-13-. The van der Waals surface area contributed by atoms with Crippen molar-refractivity contribution in [2.45, 2.75) is 0 Å². The van der Waals surface area contributed by atoms with Crippen LogP contribution in [0.15, 0.2) is 93.4 Å². The van der Waals surface area contributed by atoms with Gasteiger partial charge in [0, 0.05) is 10.7 Å². The Labute approximate surface area is 203 Å². The van der Waals surface area contributed by atoms with E-state index in [0.717, 1.165) is 6.21 Å².